The van der Waals surface area contributed by atoms with E-state index in [9.17, 15) is 14.4 Å². The quantitative estimate of drug-likeness (QED) is 0.714. The monoisotopic (exact) mass is 382 g/mol. The number of nitrogens with one attached hydrogen (secondary N) is 1. The molecule has 3 aromatic rings. The zero-order valence-electron chi connectivity index (χ0n) is 16.3. The summed E-state index contributed by atoms with van der Waals surface area (Å²) >= 11 is 0. The maximum atomic E-state index is 13.0. The second-order valence-electron chi connectivity index (χ2n) is 7.34. The van der Waals surface area contributed by atoms with Gasteiger partial charge < -0.3 is 5.32 Å². The van der Waals surface area contributed by atoms with Crippen molar-refractivity contribution in [3.05, 3.63) is 44.6 Å². The number of amides is 1. The third kappa shape index (κ3) is 3.17. The highest BCUT2D eigenvalue weighted by atomic mass is 16.2. The Bertz CT molecular complexity index is 1220. The summed E-state index contributed by atoms with van der Waals surface area (Å²) in [5.41, 5.74) is -0.198. The van der Waals surface area contributed by atoms with E-state index in [4.69, 9.17) is 5.26 Å². The average Bonchev–Trinajstić information content (AvgIpc) is 2.95. The summed E-state index contributed by atoms with van der Waals surface area (Å²) in [5, 5.41) is 16.3. The number of aromatic nitrogens is 4. The zero-order valence-corrected chi connectivity index (χ0v) is 16.3. The van der Waals surface area contributed by atoms with Crippen LogP contribution in [-0.4, -0.2) is 31.2 Å². The van der Waals surface area contributed by atoms with Crippen LogP contribution >= 0.6 is 0 Å². The molecule has 1 aromatic carbocycles. The molecule has 0 aliphatic rings. The molecule has 9 heteroatoms. The molecule has 0 unspecified atom stereocenters. The molecule has 0 saturated heterocycles. The van der Waals surface area contributed by atoms with Crippen molar-refractivity contribution in [1.29, 1.82) is 5.26 Å². The minimum Gasteiger partial charge on any atom is -0.352 e. The van der Waals surface area contributed by atoms with Gasteiger partial charge in [0.1, 0.15) is 6.54 Å². The molecule has 28 heavy (non-hydrogen) atoms. The molecule has 1 N–H and O–H groups in total. The van der Waals surface area contributed by atoms with E-state index >= 15 is 0 Å². The standard InChI is InChI=1S/C19H22N6O3/c1-11(2)10-21-16(26)13-5-6-14-15(9-13)25-18(24(12(3)4)17(14)27)22-23(8-7-20)19(25)28/h5-6,9,11-12H,8,10H2,1-4H3,(H,21,26). The molecule has 2 heterocycles. The molecule has 0 atom stereocenters. The zero-order chi connectivity index (χ0) is 20.6. The molecule has 0 aliphatic carbocycles. The molecule has 1 amide bonds. The lowest BCUT2D eigenvalue weighted by atomic mass is 10.1. The van der Waals surface area contributed by atoms with Gasteiger partial charge in [0.05, 0.1) is 17.0 Å². The Kier molecular flexibility index (Phi) is 5.05. The van der Waals surface area contributed by atoms with E-state index in [2.05, 4.69) is 10.4 Å². The Morgan fingerprint density at radius 2 is 1.96 bits per heavy atom. The summed E-state index contributed by atoms with van der Waals surface area (Å²) in [6, 6.07) is 6.28. The first-order valence-corrected chi connectivity index (χ1v) is 9.09. The van der Waals surface area contributed by atoms with Gasteiger partial charge in [0.15, 0.2) is 0 Å². The maximum absolute atomic E-state index is 13.0. The molecule has 0 saturated carbocycles. The number of rotatable bonds is 5. The predicted molar refractivity (Wildman–Crippen MR) is 104 cm³/mol. The van der Waals surface area contributed by atoms with Crippen LogP contribution in [-0.2, 0) is 6.54 Å². The molecular weight excluding hydrogens is 360 g/mol. The number of nitriles is 1. The molecule has 0 radical (unpaired) electrons. The van der Waals surface area contributed by atoms with Gasteiger partial charge in [-0.3, -0.25) is 14.2 Å². The van der Waals surface area contributed by atoms with Crippen molar-refractivity contribution in [3.63, 3.8) is 0 Å². The van der Waals surface area contributed by atoms with E-state index in [1.54, 1.807) is 12.1 Å². The van der Waals surface area contributed by atoms with E-state index < -0.39 is 5.69 Å². The van der Waals surface area contributed by atoms with E-state index in [0.717, 1.165) is 4.68 Å². The van der Waals surface area contributed by atoms with Crippen LogP contribution in [0.2, 0.25) is 0 Å². The normalized spacial score (nSPS) is 11.5. The topological polar surface area (TPSA) is 114 Å². The third-order valence-electron chi connectivity index (χ3n) is 4.40. The van der Waals surface area contributed by atoms with Gasteiger partial charge in [-0.1, -0.05) is 13.8 Å². The minimum absolute atomic E-state index is 0.146. The Morgan fingerprint density at radius 1 is 1.25 bits per heavy atom. The van der Waals surface area contributed by atoms with Crippen LogP contribution in [0.15, 0.2) is 27.8 Å². The first kappa shape index (κ1) is 19.4. The summed E-state index contributed by atoms with van der Waals surface area (Å²) in [5.74, 6) is 0.155. The third-order valence-corrected chi connectivity index (χ3v) is 4.40. The fraction of sp³-hybridized carbons (Fsp3) is 0.421. The molecule has 0 fully saturated rings. The lowest BCUT2D eigenvalue weighted by molar-refractivity contribution is 0.0949. The number of nitrogens with zero attached hydrogens (tertiary/aromatic N) is 5. The van der Waals surface area contributed by atoms with Crippen LogP contribution < -0.4 is 16.6 Å². The van der Waals surface area contributed by atoms with Crippen molar-refractivity contribution in [1.82, 2.24) is 24.1 Å². The Hall–Kier alpha value is -3.41. The van der Waals surface area contributed by atoms with Gasteiger partial charge in [-0.15, -0.1) is 5.10 Å². The van der Waals surface area contributed by atoms with Crippen LogP contribution in [0.5, 0.6) is 0 Å². The molecule has 0 bridgehead atoms. The van der Waals surface area contributed by atoms with Crippen molar-refractivity contribution in [2.45, 2.75) is 40.3 Å². The van der Waals surface area contributed by atoms with E-state index in [1.807, 2.05) is 33.8 Å². The van der Waals surface area contributed by atoms with Crippen molar-refractivity contribution < 1.29 is 4.79 Å². The largest absolute Gasteiger partial charge is 0.353 e. The van der Waals surface area contributed by atoms with Gasteiger partial charge >= 0.3 is 5.69 Å². The molecule has 146 valence electrons. The Labute approximate surface area is 160 Å². The van der Waals surface area contributed by atoms with Gasteiger partial charge in [0, 0.05) is 18.2 Å². The van der Waals surface area contributed by atoms with Crippen molar-refractivity contribution in [3.8, 4) is 6.07 Å². The van der Waals surface area contributed by atoms with Crippen LogP contribution in [0.3, 0.4) is 0 Å². The Balaban J connectivity index is 2.34. The summed E-state index contributed by atoms with van der Waals surface area (Å²) in [6.07, 6.45) is 0. The smallest absolute Gasteiger partial charge is 0.352 e. The number of carbonyl (C=O) groups is 1. The fourth-order valence-electron chi connectivity index (χ4n) is 3.06. The molecule has 2 aromatic heterocycles. The SMILES string of the molecule is CC(C)CNC(=O)c1ccc2c(=O)n(C(C)C)c3nn(CC#N)c(=O)n3c2c1. The lowest BCUT2D eigenvalue weighted by Gasteiger charge is -2.13. The average molecular weight is 382 g/mol. The number of carbonyl (C=O) groups excluding carboxylic acids is 1. The first-order chi connectivity index (χ1) is 13.3. The maximum Gasteiger partial charge on any atom is 0.353 e. The van der Waals surface area contributed by atoms with Gasteiger partial charge in [-0.05, 0) is 38.0 Å². The number of fused-ring (bicyclic) bond motifs is 3. The van der Waals surface area contributed by atoms with Gasteiger partial charge in [-0.2, -0.15) is 9.94 Å². The molecule has 3 rings (SSSR count). The molecule has 0 aliphatic heterocycles. The highest BCUT2D eigenvalue weighted by molar-refractivity contribution is 5.98. The van der Waals surface area contributed by atoms with Gasteiger partial charge in [0.25, 0.3) is 11.5 Å². The highest BCUT2D eigenvalue weighted by Gasteiger charge is 2.20. The van der Waals surface area contributed by atoms with Crippen molar-refractivity contribution in [2.24, 2.45) is 5.92 Å². The highest BCUT2D eigenvalue weighted by Crippen LogP contribution is 2.16. The first-order valence-electron chi connectivity index (χ1n) is 9.09. The van der Waals surface area contributed by atoms with Crippen molar-refractivity contribution >= 4 is 22.6 Å². The van der Waals surface area contributed by atoms with Crippen LogP contribution in [0.4, 0.5) is 0 Å². The summed E-state index contributed by atoms with van der Waals surface area (Å²) in [4.78, 5) is 38.2. The summed E-state index contributed by atoms with van der Waals surface area (Å²) in [7, 11) is 0. The van der Waals surface area contributed by atoms with E-state index in [-0.39, 0.29) is 29.8 Å². The van der Waals surface area contributed by atoms with Crippen LogP contribution in [0.25, 0.3) is 16.7 Å². The summed E-state index contributed by atoms with van der Waals surface area (Å²) < 4.78 is 3.71. The molecule has 0 spiro atoms. The number of benzene rings is 1. The van der Waals surface area contributed by atoms with Gasteiger partial charge in [-0.25, -0.2) is 9.20 Å². The Morgan fingerprint density at radius 3 is 2.57 bits per heavy atom. The number of hydrogen-bond acceptors (Lipinski definition) is 5. The minimum atomic E-state index is -0.532. The molecule has 9 nitrogen and oxygen atoms in total. The van der Waals surface area contributed by atoms with E-state index in [0.29, 0.717) is 28.9 Å². The summed E-state index contributed by atoms with van der Waals surface area (Å²) in [6.45, 7) is 7.89. The second kappa shape index (κ2) is 7.31. The number of hydrogen-bond donors (Lipinski definition) is 1. The van der Waals surface area contributed by atoms with Gasteiger partial charge in [0.2, 0.25) is 5.78 Å². The lowest BCUT2D eigenvalue weighted by Crippen LogP contribution is -2.29. The van der Waals surface area contributed by atoms with Crippen LogP contribution in [0, 0.1) is 17.2 Å². The second-order valence-corrected chi connectivity index (χ2v) is 7.34. The van der Waals surface area contributed by atoms with Crippen molar-refractivity contribution in [2.75, 3.05) is 6.54 Å². The van der Waals surface area contributed by atoms with Crippen LogP contribution in [0.1, 0.15) is 44.1 Å². The molecular formula is C19H22N6O3. The fourth-order valence-corrected chi connectivity index (χ4v) is 3.06. The van der Waals surface area contributed by atoms with E-state index in [1.165, 1.54) is 15.0 Å². The predicted octanol–water partition coefficient (Wildman–Crippen LogP) is 1.30.